The second-order valence-corrected chi connectivity index (χ2v) is 3.41. The number of epoxide rings is 1. The predicted molar refractivity (Wildman–Crippen MR) is 42.6 cm³/mol. The summed E-state index contributed by atoms with van der Waals surface area (Å²) in [6, 6.07) is 3.69. The van der Waals surface area contributed by atoms with Crippen molar-refractivity contribution < 1.29 is 13.9 Å². The number of hydrogen-bond donors (Lipinski definition) is 0. The molecule has 1 aromatic heterocycles. The van der Waals surface area contributed by atoms with Gasteiger partial charge in [0, 0.05) is 7.11 Å². The van der Waals surface area contributed by atoms with Crippen LogP contribution in [0, 0.1) is 0 Å². The normalized spacial score (nSPS) is 31.9. The molecular weight excluding hydrogens is 156 g/mol. The summed E-state index contributed by atoms with van der Waals surface area (Å²) >= 11 is 0. The molecule has 0 spiro atoms. The molecule has 1 fully saturated rings. The van der Waals surface area contributed by atoms with Crippen molar-refractivity contribution in [2.24, 2.45) is 0 Å². The second kappa shape index (κ2) is 2.12. The van der Waals surface area contributed by atoms with E-state index in [0.717, 1.165) is 5.76 Å². The second-order valence-electron chi connectivity index (χ2n) is 3.41. The minimum Gasteiger partial charge on any atom is -0.463 e. The van der Waals surface area contributed by atoms with E-state index in [0.29, 0.717) is 0 Å². The molecule has 66 valence electrons. The van der Waals surface area contributed by atoms with Crippen LogP contribution in [0.5, 0.6) is 0 Å². The molecule has 0 bridgehead atoms. The fraction of sp³-hybridized carbons (Fsp3) is 0.556. The molecule has 0 amide bonds. The highest BCUT2D eigenvalue weighted by Crippen LogP contribution is 2.55. The summed E-state index contributed by atoms with van der Waals surface area (Å²) in [5, 5.41) is 0. The molecule has 0 saturated carbocycles. The zero-order chi connectivity index (χ0) is 8.82. The fourth-order valence-electron chi connectivity index (χ4n) is 1.53. The van der Waals surface area contributed by atoms with Crippen LogP contribution in [0.1, 0.15) is 19.6 Å². The van der Waals surface area contributed by atoms with E-state index in [4.69, 9.17) is 13.9 Å². The van der Waals surface area contributed by atoms with Gasteiger partial charge in [0.05, 0.1) is 6.26 Å². The number of ether oxygens (including phenoxy) is 2. The first-order valence-electron chi connectivity index (χ1n) is 3.92. The van der Waals surface area contributed by atoms with Crippen molar-refractivity contribution in [1.29, 1.82) is 0 Å². The van der Waals surface area contributed by atoms with Gasteiger partial charge in [0.2, 0.25) is 0 Å². The van der Waals surface area contributed by atoms with E-state index >= 15 is 0 Å². The van der Waals surface area contributed by atoms with Gasteiger partial charge in [-0.3, -0.25) is 0 Å². The first-order chi connectivity index (χ1) is 5.62. The van der Waals surface area contributed by atoms with Gasteiger partial charge in [-0.2, -0.15) is 0 Å². The van der Waals surface area contributed by atoms with Crippen LogP contribution in [0.25, 0.3) is 0 Å². The average molecular weight is 168 g/mol. The largest absolute Gasteiger partial charge is 0.463 e. The van der Waals surface area contributed by atoms with Crippen molar-refractivity contribution in [2.75, 3.05) is 7.11 Å². The molecule has 1 atom stereocenters. The minimum atomic E-state index is -0.656. The molecule has 1 aromatic rings. The quantitative estimate of drug-likeness (QED) is 0.632. The molecule has 1 aliphatic heterocycles. The number of rotatable bonds is 2. The van der Waals surface area contributed by atoms with Crippen LogP contribution in [-0.4, -0.2) is 12.7 Å². The lowest BCUT2D eigenvalue weighted by molar-refractivity contribution is -0.0310. The van der Waals surface area contributed by atoms with E-state index in [1.807, 2.05) is 26.0 Å². The van der Waals surface area contributed by atoms with Crippen LogP contribution in [-0.2, 0) is 15.3 Å². The van der Waals surface area contributed by atoms with E-state index < -0.39 is 5.79 Å². The lowest BCUT2D eigenvalue weighted by Gasteiger charge is -2.08. The minimum absolute atomic E-state index is 0.278. The molecule has 3 nitrogen and oxygen atoms in total. The molecule has 0 aromatic carbocycles. The first kappa shape index (κ1) is 7.83. The Hall–Kier alpha value is -0.800. The van der Waals surface area contributed by atoms with Crippen molar-refractivity contribution in [3.63, 3.8) is 0 Å². The Kier molecular flexibility index (Phi) is 1.38. The number of hydrogen-bond acceptors (Lipinski definition) is 3. The maximum Gasteiger partial charge on any atom is 0.258 e. The highest BCUT2D eigenvalue weighted by Gasteiger charge is 2.68. The van der Waals surface area contributed by atoms with Crippen LogP contribution < -0.4 is 0 Å². The molecule has 1 saturated heterocycles. The molecule has 1 unspecified atom stereocenters. The van der Waals surface area contributed by atoms with Gasteiger partial charge in [0.1, 0.15) is 5.60 Å². The summed E-state index contributed by atoms with van der Waals surface area (Å²) in [4.78, 5) is 0. The average Bonchev–Trinajstić information content (AvgIpc) is 2.52. The Balaban J connectivity index is 2.34. The van der Waals surface area contributed by atoms with E-state index in [1.54, 1.807) is 13.4 Å². The zero-order valence-electron chi connectivity index (χ0n) is 7.46. The maximum atomic E-state index is 5.47. The Bertz CT molecular complexity index is 276. The highest BCUT2D eigenvalue weighted by molar-refractivity contribution is 5.19. The van der Waals surface area contributed by atoms with Gasteiger partial charge in [-0.1, -0.05) is 0 Å². The van der Waals surface area contributed by atoms with Gasteiger partial charge in [-0.25, -0.2) is 0 Å². The van der Waals surface area contributed by atoms with Crippen molar-refractivity contribution in [2.45, 2.75) is 25.2 Å². The van der Waals surface area contributed by atoms with Crippen LogP contribution in [0.2, 0.25) is 0 Å². The summed E-state index contributed by atoms with van der Waals surface area (Å²) in [6.07, 6.45) is 1.62. The summed E-state index contributed by atoms with van der Waals surface area (Å²) in [5.74, 6) is 0.0752. The first-order valence-corrected chi connectivity index (χ1v) is 3.92. The van der Waals surface area contributed by atoms with Gasteiger partial charge < -0.3 is 13.9 Å². The van der Waals surface area contributed by atoms with E-state index in [1.165, 1.54) is 0 Å². The molecular formula is C9H12O3. The van der Waals surface area contributed by atoms with E-state index in [-0.39, 0.29) is 5.60 Å². The molecule has 12 heavy (non-hydrogen) atoms. The van der Waals surface area contributed by atoms with Crippen molar-refractivity contribution in [3.05, 3.63) is 24.2 Å². The van der Waals surface area contributed by atoms with Crippen molar-refractivity contribution >= 4 is 0 Å². The lowest BCUT2D eigenvalue weighted by atomic mass is 10.1. The van der Waals surface area contributed by atoms with E-state index in [2.05, 4.69) is 0 Å². The molecule has 2 heterocycles. The highest BCUT2D eigenvalue weighted by atomic mass is 16.8. The third-order valence-electron chi connectivity index (χ3n) is 2.28. The smallest absolute Gasteiger partial charge is 0.258 e. The number of methoxy groups -OCH3 is 1. The predicted octanol–water partition coefficient (Wildman–Crippen LogP) is 1.89. The van der Waals surface area contributed by atoms with Gasteiger partial charge >= 0.3 is 0 Å². The van der Waals surface area contributed by atoms with E-state index in [9.17, 15) is 0 Å². The van der Waals surface area contributed by atoms with Crippen LogP contribution >= 0.6 is 0 Å². The lowest BCUT2D eigenvalue weighted by Crippen LogP contribution is -2.19. The Morgan fingerprint density at radius 1 is 1.42 bits per heavy atom. The summed E-state index contributed by atoms with van der Waals surface area (Å²) in [5.41, 5.74) is -0.278. The fourth-order valence-corrected chi connectivity index (χ4v) is 1.53. The topological polar surface area (TPSA) is 34.9 Å². The molecule has 1 aliphatic rings. The summed E-state index contributed by atoms with van der Waals surface area (Å²) in [6.45, 7) is 3.94. The van der Waals surface area contributed by atoms with Crippen LogP contribution in [0.4, 0.5) is 0 Å². The van der Waals surface area contributed by atoms with Gasteiger partial charge in [0.25, 0.3) is 5.79 Å². The van der Waals surface area contributed by atoms with Crippen LogP contribution in [0.3, 0.4) is 0 Å². The maximum absolute atomic E-state index is 5.47. The van der Waals surface area contributed by atoms with Crippen molar-refractivity contribution in [3.8, 4) is 0 Å². The standard InChI is InChI=1S/C9H12O3/c1-8(2)9(10-3,12-8)7-5-4-6-11-7/h4-6H,1-3H3. The summed E-state index contributed by atoms with van der Waals surface area (Å²) in [7, 11) is 1.62. The Morgan fingerprint density at radius 2 is 2.08 bits per heavy atom. The molecule has 2 rings (SSSR count). The molecule has 3 heteroatoms. The Morgan fingerprint density at radius 3 is 2.42 bits per heavy atom. The summed E-state index contributed by atoms with van der Waals surface area (Å²) < 4.78 is 16.0. The van der Waals surface area contributed by atoms with Crippen molar-refractivity contribution in [1.82, 2.24) is 0 Å². The zero-order valence-corrected chi connectivity index (χ0v) is 7.46. The third-order valence-corrected chi connectivity index (χ3v) is 2.28. The van der Waals surface area contributed by atoms with Gasteiger partial charge in [0.15, 0.2) is 5.76 Å². The monoisotopic (exact) mass is 168 g/mol. The Labute approximate surface area is 71.3 Å². The van der Waals surface area contributed by atoms with Gasteiger partial charge in [-0.15, -0.1) is 0 Å². The molecule has 0 N–H and O–H groups in total. The number of furan rings is 1. The van der Waals surface area contributed by atoms with Crippen LogP contribution in [0.15, 0.2) is 22.8 Å². The third kappa shape index (κ3) is 0.778. The van der Waals surface area contributed by atoms with Gasteiger partial charge in [-0.05, 0) is 26.0 Å². The SMILES string of the molecule is COC1(c2ccco2)OC1(C)C. The molecule has 0 radical (unpaired) electrons. The molecule has 0 aliphatic carbocycles.